The van der Waals surface area contributed by atoms with Gasteiger partial charge in [-0.3, -0.25) is 4.79 Å². The van der Waals surface area contributed by atoms with Crippen molar-refractivity contribution in [1.29, 1.82) is 0 Å². The van der Waals surface area contributed by atoms with Crippen molar-refractivity contribution in [2.75, 3.05) is 11.9 Å². The second-order valence-corrected chi connectivity index (χ2v) is 7.84. The smallest absolute Gasteiger partial charge is 0.416 e. The molecule has 2 heterocycles. The molecule has 1 amide bonds. The topological polar surface area (TPSA) is 51.2 Å². The van der Waals surface area contributed by atoms with Crippen molar-refractivity contribution in [3.05, 3.63) is 77.2 Å². The Hall–Kier alpha value is -3.39. The fraction of sp³-hybridized carbons (Fsp3) is 0.130. The van der Waals surface area contributed by atoms with E-state index in [1.165, 1.54) is 12.1 Å². The summed E-state index contributed by atoms with van der Waals surface area (Å²) >= 11 is 1.62. The number of carbonyl (C=O) groups excluding carboxylic acids is 1. The molecule has 4 aromatic rings. The van der Waals surface area contributed by atoms with Crippen LogP contribution in [0.5, 0.6) is 5.75 Å². The summed E-state index contributed by atoms with van der Waals surface area (Å²) in [5, 5.41) is 5.66. The van der Waals surface area contributed by atoms with Crippen LogP contribution in [0.15, 0.2) is 66.0 Å². The number of nitrogens with one attached hydrogen (secondary N) is 1. The zero-order valence-electron chi connectivity index (χ0n) is 16.4. The molecule has 8 heteroatoms. The van der Waals surface area contributed by atoms with E-state index >= 15 is 0 Å². The normalized spacial score (nSPS) is 11.5. The van der Waals surface area contributed by atoms with E-state index in [9.17, 15) is 18.0 Å². The first-order valence-electron chi connectivity index (χ1n) is 9.35. The summed E-state index contributed by atoms with van der Waals surface area (Å²) in [6, 6.07) is 15.6. The summed E-state index contributed by atoms with van der Waals surface area (Å²) in [7, 11) is 0. The first-order chi connectivity index (χ1) is 14.8. The molecule has 0 fully saturated rings. The number of amides is 1. The van der Waals surface area contributed by atoms with E-state index in [4.69, 9.17) is 9.72 Å². The number of anilines is 1. The predicted molar refractivity (Wildman–Crippen MR) is 115 cm³/mol. The van der Waals surface area contributed by atoms with E-state index < -0.39 is 17.6 Å². The molecule has 0 saturated carbocycles. The average Bonchev–Trinajstić information content (AvgIpc) is 3.27. The molecule has 0 atom stereocenters. The lowest BCUT2D eigenvalue weighted by Crippen LogP contribution is -2.20. The second-order valence-electron chi connectivity index (χ2n) is 6.89. The van der Waals surface area contributed by atoms with E-state index in [1.54, 1.807) is 17.4 Å². The van der Waals surface area contributed by atoms with Gasteiger partial charge >= 0.3 is 6.18 Å². The highest BCUT2D eigenvalue weighted by atomic mass is 32.1. The Morgan fingerprint density at radius 2 is 1.87 bits per heavy atom. The van der Waals surface area contributed by atoms with Crippen LogP contribution in [0.25, 0.3) is 21.5 Å². The summed E-state index contributed by atoms with van der Waals surface area (Å²) in [6.07, 6.45) is -4.41. The maximum atomic E-state index is 12.6. The van der Waals surface area contributed by atoms with Gasteiger partial charge in [0.2, 0.25) is 0 Å². The fourth-order valence-electron chi connectivity index (χ4n) is 3.11. The quantitative estimate of drug-likeness (QED) is 0.394. The van der Waals surface area contributed by atoms with Crippen LogP contribution in [-0.2, 0) is 11.0 Å². The lowest BCUT2D eigenvalue weighted by molar-refractivity contribution is -0.137. The lowest BCUT2D eigenvalue weighted by Gasteiger charge is -2.11. The van der Waals surface area contributed by atoms with Crippen LogP contribution < -0.4 is 10.1 Å². The van der Waals surface area contributed by atoms with Crippen molar-refractivity contribution in [1.82, 2.24) is 4.98 Å². The molecular weight excluding hydrogens is 425 g/mol. The van der Waals surface area contributed by atoms with Crippen LogP contribution in [-0.4, -0.2) is 17.5 Å². The van der Waals surface area contributed by atoms with Gasteiger partial charge in [0.05, 0.1) is 21.7 Å². The minimum Gasteiger partial charge on any atom is -0.484 e. The molecule has 31 heavy (non-hydrogen) atoms. The van der Waals surface area contributed by atoms with E-state index in [1.807, 2.05) is 42.6 Å². The summed E-state index contributed by atoms with van der Waals surface area (Å²) in [5.41, 5.74) is 2.57. The third kappa shape index (κ3) is 4.86. The highest BCUT2D eigenvalue weighted by molar-refractivity contribution is 7.13. The van der Waals surface area contributed by atoms with Gasteiger partial charge in [-0.15, -0.1) is 11.3 Å². The van der Waals surface area contributed by atoms with Crippen molar-refractivity contribution in [3.8, 4) is 16.3 Å². The first-order valence-corrected chi connectivity index (χ1v) is 10.2. The monoisotopic (exact) mass is 442 g/mol. The van der Waals surface area contributed by atoms with Gasteiger partial charge in [0, 0.05) is 11.1 Å². The Kier molecular flexibility index (Phi) is 5.65. The van der Waals surface area contributed by atoms with Crippen molar-refractivity contribution in [3.63, 3.8) is 0 Å². The standard InChI is InChI=1S/C23H17F3N2O2S/c1-14-11-20(21-3-2-10-31-21)28-19-9-6-16(12-18(14)19)27-22(29)13-30-17-7-4-15(5-8-17)23(24,25)26/h2-12H,13H2,1H3,(H,27,29). The van der Waals surface area contributed by atoms with Crippen LogP contribution in [0.4, 0.5) is 18.9 Å². The molecule has 0 radical (unpaired) electrons. The third-order valence-electron chi connectivity index (χ3n) is 4.62. The van der Waals surface area contributed by atoms with Crippen LogP contribution in [0.3, 0.4) is 0 Å². The number of fused-ring (bicyclic) bond motifs is 1. The summed E-state index contributed by atoms with van der Waals surface area (Å²) in [4.78, 5) is 18.0. The largest absolute Gasteiger partial charge is 0.484 e. The van der Waals surface area contributed by atoms with Gasteiger partial charge in [-0.2, -0.15) is 13.2 Å². The Bertz CT molecular complexity index is 1220. The Balaban J connectivity index is 1.42. The first kappa shape index (κ1) is 20.9. The zero-order chi connectivity index (χ0) is 22.0. The number of benzene rings is 2. The number of hydrogen-bond acceptors (Lipinski definition) is 4. The average molecular weight is 442 g/mol. The van der Waals surface area contributed by atoms with Crippen molar-refractivity contribution in [2.45, 2.75) is 13.1 Å². The number of thiophene rings is 1. The number of nitrogens with zero attached hydrogens (tertiary/aromatic N) is 1. The number of carbonyl (C=O) groups is 1. The highest BCUT2D eigenvalue weighted by Crippen LogP contribution is 2.31. The SMILES string of the molecule is Cc1cc(-c2cccs2)nc2ccc(NC(=O)COc3ccc(C(F)(F)F)cc3)cc12. The van der Waals surface area contributed by atoms with Crippen LogP contribution in [0, 0.1) is 6.92 Å². The number of hydrogen-bond donors (Lipinski definition) is 1. The molecule has 2 aromatic carbocycles. The molecule has 0 unspecified atom stereocenters. The Labute approximate surface area is 180 Å². The van der Waals surface area contributed by atoms with E-state index in [2.05, 4.69) is 5.32 Å². The number of pyridine rings is 1. The van der Waals surface area contributed by atoms with Crippen molar-refractivity contribution >= 4 is 33.8 Å². The van der Waals surface area contributed by atoms with E-state index in [0.29, 0.717) is 5.69 Å². The molecule has 0 saturated heterocycles. The molecule has 0 aliphatic heterocycles. The highest BCUT2D eigenvalue weighted by Gasteiger charge is 2.30. The fourth-order valence-corrected chi connectivity index (χ4v) is 3.79. The molecule has 4 nitrogen and oxygen atoms in total. The maximum absolute atomic E-state index is 12.6. The van der Waals surface area contributed by atoms with Gasteiger partial charge < -0.3 is 10.1 Å². The molecule has 2 aromatic heterocycles. The summed E-state index contributed by atoms with van der Waals surface area (Å²) < 4.78 is 43.1. The van der Waals surface area contributed by atoms with Gasteiger partial charge in [0.1, 0.15) is 5.75 Å². The number of ether oxygens (including phenoxy) is 1. The van der Waals surface area contributed by atoms with E-state index in [-0.39, 0.29) is 12.4 Å². The third-order valence-corrected chi connectivity index (χ3v) is 5.52. The number of aryl methyl sites for hydroxylation is 1. The predicted octanol–water partition coefficient (Wildman–Crippen LogP) is 6.31. The van der Waals surface area contributed by atoms with Crippen LogP contribution in [0.1, 0.15) is 11.1 Å². The molecule has 1 N–H and O–H groups in total. The van der Waals surface area contributed by atoms with Gasteiger partial charge in [-0.1, -0.05) is 6.07 Å². The zero-order valence-corrected chi connectivity index (χ0v) is 17.2. The Morgan fingerprint density at radius 1 is 1.10 bits per heavy atom. The summed E-state index contributed by atoms with van der Waals surface area (Å²) in [5.74, 6) is -0.233. The molecule has 0 aliphatic carbocycles. The molecule has 4 rings (SSSR count). The Morgan fingerprint density at radius 3 is 2.55 bits per heavy atom. The minimum atomic E-state index is -4.41. The number of aromatic nitrogens is 1. The van der Waals surface area contributed by atoms with Gasteiger partial charge in [-0.25, -0.2) is 4.98 Å². The van der Waals surface area contributed by atoms with Gasteiger partial charge in [-0.05, 0) is 72.5 Å². The number of alkyl halides is 3. The summed E-state index contributed by atoms with van der Waals surface area (Å²) in [6.45, 7) is 1.67. The molecular formula is C23H17F3N2O2S. The van der Waals surface area contributed by atoms with Crippen LogP contribution in [0.2, 0.25) is 0 Å². The van der Waals surface area contributed by atoms with Gasteiger partial charge in [0.25, 0.3) is 5.91 Å². The lowest BCUT2D eigenvalue weighted by atomic mass is 10.1. The second kappa shape index (κ2) is 8.39. The van der Waals surface area contributed by atoms with Crippen LogP contribution >= 0.6 is 11.3 Å². The maximum Gasteiger partial charge on any atom is 0.416 e. The minimum absolute atomic E-state index is 0.183. The van der Waals surface area contributed by atoms with Gasteiger partial charge in [0.15, 0.2) is 6.61 Å². The molecule has 158 valence electrons. The number of halogens is 3. The molecule has 0 spiro atoms. The van der Waals surface area contributed by atoms with E-state index in [0.717, 1.165) is 39.2 Å². The van der Waals surface area contributed by atoms with Crippen molar-refractivity contribution < 1.29 is 22.7 Å². The molecule has 0 aliphatic rings. The van der Waals surface area contributed by atoms with Crippen molar-refractivity contribution in [2.24, 2.45) is 0 Å². The molecule has 0 bridgehead atoms. The number of rotatable bonds is 5.